The summed E-state index contributed by atoms with van der Waals surface area (Å²) in [4.78, 5) is 24.3. The minimum absolute atomic E-state index is 0.0731. The maximum atomic E-state index is 13.6. The molecule has 4 rings (SSSR count). The molecule has 0 aliphatic carbocycles. The van der Waals surface area contributed by atoms with Crippen molar-refractivity contribution < 1.29 is 18.0 Å². The highest BCUT2D eigenvalue weighted by Crippen LogP contribution is 2.30. The predicted octanol–water partition coefficient (Wildman–Crippen LogP) is 7.09. The highest BCUT2D eigenvalue weighted by molar-refractivity contribution is 5.92. The largest absolute Gasteiger partial charge is 0.416 e. The average Bonchev–Trinajstić information content (AvgIpc) is 2.94. The van der Waals surface area contributed by atoms with Crippen LogP contribution in [0.1, 0.15) is 49.1 Å². The number of hydrogen-bond donors (Lipinski definition) is 0. The monoisotopic (exact) mass is 550 g/mol. The predicted molar refractivity (Wildman–Crippen MR) is 154 cm³/mol. The molecule has 0 spiro atoms. The molecule has 0 unspecified atom stereocenters. The van der Waals surface area contributed by atoms with Gasteiger partial charge in [0, 0.05) is 68.1 Å². The smallest absolute Gasteiger partial charge is 0.345 e. The third kappa shape index (κ3) is 7.50. The van der Waals surface area contributed by atoms with Crippen LogP contribution in [0.4, 0.5) is 24.5 Å². The first-order valence-corrected chi connectivity index (χ1v) is 13.7. The van der Waals surface area contributed by atoms with Gasteiger partial charge in [0.2, 0.25) is 5.91 Å². The van der Waals surface area contributed by atoms with Gasteiger partial charge in [-0.05, 0) is 87.2 Å². The molecular formula is C32H37F3N4O. The summed E-state index contributed by atoms with van der Waals surface area (Å²) in [5.74, 6) is -0.147. The molecule has 1 aliphatic heterocycles. The Kier molecular flexibility index (Phi) is 9.30. The fourth-order valence-corrected chi connectivity index (χ4v) is 5.10. The Hall–Kier alpha value is -3.65. The number of nitrogens with zero attached hydrogens (tertiary/aromatic N) is 4. The molecule has 40 heavy (non-hydrogen) atoms. The van der Waals surface area contributed by atoms with Crippen molar-refractivity contribution in [3.63, 3.8) is 0 Å². The molecule has 1 amide bonds. The molecule has 2 heterocycles. The quantitative estimate of drug-likeness (QED) is 0.281. The fourth-order valence-electron chi connectivity index (χ4n) is 5.10. The van der Waals surface area contributed by atoms with Crippen molar-refractivity contribution in [2.45, 2.75) is 58.4 Å². The van der Waals surface area contributed by atoms with Crippen molar-refractivity contribution in [2.24, 2.45) is 0 Å². The number of benzene rings is 2. The van der Waals surface area contributed by atoms with E-state index >= 15 is 0 Å². The van der Waals surface area contributed by atoms with Gasteiger partial charge in [-0.1, -0.05) is 24.3 Å². The van der Waals surface area contributed by atoms with Crippen LogP contribution in [0.5, 0.6) is 0 Å². The Labute approximate surface area is 234 Å². The lowest BCUT2D eigenvalue weighted by Gasteiger charge is -2.40. The first-order chi connectivity index (χ1) is 19.0. The Morgan fingerprint density at radius 3 is 2.35 bits per heavy atom. The Balaban J connectivity index is 1.55. The maximum absolute atomic E-state index is 13.6. The van der Waals surface area contributed by atoms with Crippen LogP contribution in [0.2, 0.25) is 0 Å². The van der Waals surface area contributed by atoms with Gasteiger partial charge in [0.15, 0.2) is 0 Å². The van der Waals surface area contributed by atoms with Crippen molar-refractivity contribution in [2.75, 3.05) is 25.0 Å². The minimum atomic E-state index is -4.39. The zero-order chi connectivity index (χ0) is 28.9. The summed E-state index contributed by atoms with van der Waals surface area (Å²) in [7, 11) is 2.01. The zero-order valence-corrected chi connectivity index (χ0v) is 23.5. The summed E-state index contributed by atoms with van der Waals surface area (Å²) in [5, 5.41) is 0. The summed E-state index contributed by atoms with van der Waals surface area (Å²) < 4.78 is 38.8. The van der Waals surface area contributed by atoms with Crippen LogP contribution >= 0.6 is 0 Å². The highest BCUT2D eigenvalue weighted by Gasteiger charge is 2.30. The molecule has 1 aliphatic rings. The van der Waals surface area contributed by atoms with Crippen LogP contribution in [0.25, 0.3) is 6.08 Å². The molecule has 3 aromatic rings. The number of halogens is 3. The molecule has 1 saturated heterocycles. The van der Waals surface area contributed by atoms with E-state index in [0.29, 0.717) is 18.2 Å². The van der Waals surface area contributed by atoms with E-state index in [9.17, 15) is 18.0 Å². The standard InChI is InChI=1S/C32H37F3N4O/c1-23(2)38-18-15-28(16-19-38)39(31(40)13-10-25-8-11-27(12-9-25)32(33,34)35)22-26-6-5-7-29(21-26)37(4)30-14-17-36-24(3)20-30/h5-14,17,20-21,23,28H,15-16,18-19,22H2,1-4H3/b13-10+. The van der Waals surface area contributed by atoms with Crippen LogP contribution in [0, 0.1) is 6.92 Å². The summed E-state index contributed by atoms with van der Waals surface area (Å²) in [6.45, 7) is 8.60. The third-order valence-electron chi connectivity index (χ3n) is 7.53. The number of carbonyl (C=O) groups excluding carboxylic acids is 1. The molecular weight excluding hydrogens is 513 g/mol. The van der Waals surface area contributed by atoms with Crippen LogP contribution in [-0.2, 0) is 17.5 Å². The van der Waals surface area contributed by atoms with Gasteiger partial charge in [-0.15, -0.1) is 0 Å². The van der Waals surface area contributed by atoms with E-state index in [0.717, 1.165) is 60.7 Å². The van der Waals surface area contributed by atoms with E-state index in [1.807, 2.05) is 49.2 Å². The SMILES string of the molecule is Cc1cc(N(C)c2cccc(CN(C(=O)/C=C/c3ccc(C(F)(F)F)cc3)C3CCN(C(C)C)CC3)c2)ccn1. The number of likely N-dealkylation sites (tertiary alicyclic amines) is 1. The first-order valence-electron chi connectivity index (χ1n) is 13.7. The second kappa shape index (κ2) is 12.7. The highest BCUT2D eigenvalue weighted by atomic mass is 19.4. The number of anilines is 2. The topological polar surface area (TPSA) is 39.7 Å². The van der Waals surface area contributed by atoms with E-state index < -0.39 is 11.7 Å². The number of carbonyl (C=O) groups is 1. The Morgan fingerprint density at radius 2 is 1.73 bits per heavy atom. The van der Waals surface area contributed by atoms with Gasteiger partial charge in [-0.25, -0.2) is 0 Å². The molecule has 212 valence electrons. The molecule has 2 aromatic carbocycles. The molecule has 0 bridgehead atoms. The molecule has 5 nitrogen and oxygen atoms in total. The van der Waals surface area contributed by atoms with Crippen LogP contribution in [0.3, 0.4) is 0 Å². The fraction of sp³-hybridized carbons (Fsp3) is 0.375. The van der Waals surface area contributed by atoms with Crippen LogP contribution < -0.4 is 4.90 Å². The molecule has 1 aromatic heterocycles. The lowest BCUT2D eigenvalue weighted by Crippen LogP contribution is -2.48. The first kappa shape index (κ1) is 29.3. The average molecular weight is 551 g/mol. The van der Waals surface area contributed by atoms with Gasteiger partial charge in [-0.2, -0.15) is 13.2 Å². The van der Waals surface area contributed by atoms with E-state index in [2.05, 4.69) is 34.7 Å². The summed E-state index contributed by atoms with van der Waals surface area (Å²) in [6.07, 6.45) is 2.21. The lowest BCUT2D eigenvalue weighted by atomic mass is 10.0. The normalized spacial score (nSPS) is 15.1. The number of pyridine rings is 1. The summed E-state index contributed by atoms with van der Waals surface area (Å²) in [5.41, 5.74) is 3.82. The van der Waals surface area contributed by atoms with E-state index in [-0.39, 0.29) is 11.9 Å². The zero-order valence-electron chi connectivity index (χ0n) is 23.5. The Bertz CT molecular complexity index is 1310. The summed E-state index contributed by atoms with van der Waals surface area (Å²) >= 11 is 0. The van der Waals surface area contributed by atoms with Crippen molar-refractivity contribution in [1.29, 1.82) is 0 Å². The van der Waals surface area contributed by atoms with Crippen molar-refractivity contribution in [1.82, 2.24) is 14.8 Å². The van der Waals surface area contributed by atoms with Gasteiger partial charge in [0.05, 0.1) is 5.56 Å². The van der Waals surface area contributed by atoms with E-state index in [1.165, 1.54) is 18.2 Å². The van der Waals surface area contributed by atoms with Gasteiger partial charge in [0.25, 0.3) is 0 Å². The van der Waals surface area contributed by atoms with Gasteiger partial charge in [0.1, 0.15) is 0 Å². The van der Waals surface area contributed by atoms with E-state index in [4.69, 9.17) is 0 Å². The number of aryl methyl sites for hydroxylation is 1. The number of hydrogen-bond acceptors (Lipinski definition) is 4. The molecule has 8 heteroatoms. The maximum Gasteiger partial charge on any atom is 0.416 e. The van der Waals surface area contributed by atoms with Crippen LogP contribution in [0.15, 0.2) is 72.9 Å². The number of piperidine rings is 1. The van der Waals surface area contributed by atoms with Crippen LogP contribution in [-0.4, -0.2) is 52.9 Å². The Morgan fingerprint density at radius 1 is 1.05 bits per heavy atom. The molecule has 0 saturated carbocycles. The molecule has 0 atom stereocenters. The molecule has 1 fully saturated rings. The number of alkyl halides is 3. The van der Waals surface area contributed by atoms with Gasteiger partial charge < -0.3 is 14.7 Å². The second-order valence-electron chi connectivity index (χ2n) is 10.7. The number of amides is 1. The number of aromatic nitrogens is 1. The minimum Gasteiger partial charge on any atom is -0.345 e. The lowest BCUT2D eigenvalue weighted by molar-refractivity contribution is -0.137. The van der Waals surface area contributed by atoms with Crippen molar-refractivity contribution in [3.8, 4) is 0 Å². The van der Waals surface area contributed by atoms with E-state index in [1.54, 1.807) is 12.3 Å². The second-order valence-corrected chi connectivity index (χ2v) is 10.7. The van der Waals surface area contributed by atoms with Crippen molar-refractivity contribution >= 4 is 23.4 Å². The summed E-state index contributed by atoms with van der Waals surface area (Å²) in [6, 6.07) is 17.5. The third-order valence-corrected chi connectivity index (χ3v) is 7.53. The molecule has 0 N–H and O–H groups in total. The molecule has 0 radical (unpaired) electrons. The van der Waals surface area contributed by atoms with Crippen molar-refractivity contribution in [3.05, 3.63) is 95.3 Å². The van der Waals surface area contributed by atoms with Gasteiger partial charge in [-0.3, -0.25) is 9.78 Å². The number of rotatable bonds is 8. The van der Waals surface area contributed by atoms with Gasteiger partial charge >= 0.3 is 6.18 Å².